The van der Waals surface area contributed by atoms with E-state index in [9.17, 15) is 14.7 Å². The zero-order chi connectivity index (χ0) is 31.4. The number of aliphatic hydroxyl groups excluding tert-OH is 1. The molecule has 0 spiro atoms. The molecule has 3 N–H and O–H groups in total. The third-order valence-corrected chi connectivity index (χ3v) is 13.2. The summed E-state index contributed by atoms with van der Waals surface area (Å²) in [5.74, 6) is 3.36. The molecule has 4 aliphatic rings. The van der Waals surface area contributed by atoms with Crippen LogP contribution in [0.4, 0.5) is 5.69 Å². The van der Waals surface area contributed by atoms with E-state index < -0.39 is 0 Å². The largest absolute Gasteiger partial charge is 0.393 e. The Morgan fingerprint density at radius 2 is 1.75 bits per heavy atom. The van der Waals surface area contributed by atoms with Gasteiger partial charge in [0.25, 0.3) is 5.91 Å². The Labute approximate surface area is 267 Å². The zero-order valence-electron chi connectivity index (χ0n) is 27.0. The van der Waals surface area contributed by atoms with E-state index in [0.29, 0.717) is 64.0 Å². The van der Waals surface area contributed by atoms with E-state index in [1.54, 1.807) is 19.1 Å². The van der Waals surface area contributed by atoms with Gasteiger partial charge in [-0.3, -0.25) is 9.59 Å². The van der Waals surface area contributed by atoms with Crippen molar-refractivity contribution in [2.45, 2.75) is 111 Å². The van der Waals surface area contributed by atoms with Crippen LogP contribution in [-0.4, -0.2) is 34.2 Å². The van der Waals surface area contributed by atoms with Gasteiger partial charge in [0.2, 0.25) is 5.91 Å². The van der Waals surface area contributed by atoms with Gasteiger partial charge in [-0.2, -0.15) is 0 Å². The Hall–Kier alpha value is -2.38. The molecular formula is C36H50ClN3O4. The van der Waals surface area contributed by atoms with Crippen LogP contribution in [-0.2, 0) is 4.79 Å². The standard InChI is InChI=1S/C36H50ClN3O4/c1-20(6-13-31(42)38-25-9-7-24(37)8-10-25)27-11-12-28-33-29(15-17-36(27,28)5)35(4)16-14-26(18-23(35)19-30(33)41)39-34(43)32-21(2)40-44-22(32)3/h7-10,20,23,26-30,33,41H,6,11-19H2,1-5H3,(H,38,42)(H,39,43)/t20-,23+,26+,27-,28+,29+,30-,33+,35+,36-/m1/s1. The van der Waals surface area contributed by atoms with Crippen LogP contribution in [0.25, 0.3) is 0 Å². The average molecular weight is 624 g/mol. The Morgan fingerprint density at radius 1 is 1.05 bits per heavy atom. The minimum Gasteiger partial charge on any atom is -0.393 e. The predicted molar refractivity (Wildman–Crippen MR) is 172 cm³/mol. The topological polar surface area (TPSA) is 104 Å². The maximum atomic E-state index is 13.1. The van der Waals surface area contributed by atoms with Crippen LogP contribution in [0, 0.1) is 60.2 Å². The van der Waals surface area contributed by atoms with Crippen molar-refractivity contribution in [2.75, 3.05) is 5.32 Å². The number of benzene rings is 1. The summed E-state index contributed by atoms with van der Waals surface area (Å²) in [5, 5.41) is 22.7. The molecule has 8 heteroatoms. The van der Waals surface area contributed by atoms with E-state index in [0.717, 1.165) is 44.2 Å². The van der Waals surface area contributed by atoms with Gasteiger partial charge >= 0.3 is 0 Å². The fourth-order valence-electron chi connectivity index (χ4n) is 10.7. The average Bonchev–Trinajstić information content (AvgIpc) is 3.51. The van der Waals surface area contributed by atoms with Crippen LogP contribution in [0.5, 0.6) is 0 Å². The Kier molecular flexibility index (Phi) is 8.68. The van der Waals surface area contributed by atoms with Gasteiger partial charge in [0.1, 0.15) is 11.3 Å². The molecule has 240 valence electrons. The lowest BCUT2D eigenvalue weighted by molar-refractivity contribution is -0.166. The molecule has 4 fully saturated rings. The van der Waals surface area contributed by atoms with Gasteiger partial charge in [-0.1, -0.05) is 37.5 Å². The summed E-state index contributed by atoms with van der Waals surface area (Å²) in [6.45, 7) is 10.9. The van der Waals surface area contributed by atoms with Crippen LogP contribution in [0.2, 0.25) is 5.02 Å². The fraction of sp³-hybridized carbons (Fsp3) is 0.694. The third kappa shape index (κ3) is 5.61. The number of amides is 2. The lowest BCUT2D eigenvalue weighted by Crippen LogP contribution is -2.59. The lowest BCUT2D eigenvalue weighted by Gasteiger charge is -2.62. The Balaban J connectivity index is 1.08. The highest BCUT2D eigenvalue weighted by Crippen LogP contribution is 2.68. The minimum atomic E-state index is -0.293. The quantitative estimate of drug-likeness (QED) is 0.293. The molecule has 4 saturated carbocycles. The molecule has 1 aromatic heterocycles. The molecule has 44 heavy (non-hydrogen) atoms. The molecule has 2 aromatic rings. The van der Waals surface area contributed by atoms with Gasteiger partial charge in [0, 0.05) is 23.2 Å². The number of aliphatic hydroxyl groups is 1. The molecule has 2 amide bonds. The van der Waals surface area contributed by atoms with Crippen molar-refractivity contribution in [1.29, 1.82) is 0 Å². The highest BCUT2D eigenvalue weighted by atomic mass is 35.5. The number of fused-ring (bicyclic) bond motifs is 5. The second-order valence-corrected chi connectivity index (χ2v) is 15.7. The predicted octanol–water partition coefficient (Wildman–Crippen LogP) is 7.73. The van der Waals surface area contributed by atoms with Crippen LogP contribution in [0.1, 0.15) is 107 Å². The fourth-order valence-corrected chi connectivity index (χ4v) is 10.8. The van der Waals surface area contributed by atoms with Crippen LogP contribution < -0.4 is 10.6 Å². The van der Waals surface area contributed by atoms with Crippen molar-refractivity contribution < 1.29 is 19.2 Å². The number of anilines is 1. The molecule has 0 aliphatic heterocycles. The van der Waals surface area contributed by atoms with E-state index in [-0.39, 0.29) is 34.8 Å². The maximum absolute atomic E-state index is 13.1. The maximum Gasteiger partial charge on any atom is 0.257 e. The first kappa shape index (κ1) is 31.6. The molecule has 1 heterocycles. The summed E-state index contributed by atoms with van der Waals surface area (Å²) < 4.78 is 5.23. The lowest BCUT2D eigenvalue weighted by atomic mass is 9.43. The van der Waals surface area contributed by atoms with E-state index in [1.165, 1.54) is 19.3 Å². The second kappa shape index (κ2) is 12.1. The van der Waals surface area contributed by atoms with Gasteiger partial charge in [-0.15, -0.1) is 0 Å². The van der Waals surface area contributed by atoms with Gasteiger partial charge in [-0.25, -0.2) is 0 Å². The van der Waals surface area contributed by atoms with Gasteiger partial charge < -0.3 is 20.3 Å². The van der Waals surface area contributed by atoms with Gasteiger partial charge in [0.15, 0.2) is 0 Å². The number of halogens is 1. The normalized spacial score (nSPS) is 36.9. The third-order valence-electron chi connectivity index (χ3n) is 13.0. The molecule has 4 aliphatic carbocycles. The minimum absolute atomic E-state index is 0.0581. The Bertz CT molecular complexity index is 1360. The summed E-state index contributed by atoms with van der Waals surface area (Å²) in [5.41, 5.74) is 2.37. The number of carbonyl (C=O) groups is 2. The first-order valence-corrected chi connectivity index (χ1v) is 17.3. The summed E-state index contributed by atoms with van der Waals surface area (Å²) in [4.78, 5) is 25.8. The summed E-state index contributed by atoms with van der Waals surface area (Å²) in [6.07, 6.45) is 9.64. The summed E-state index contributed by atoms with van der Waals surface area (Å²) in [7, 11) is 0. The highest BCUT2D eigenvalue weighted by Gasteiger charge is 2.63. The van der Waals surface area contributed by atoms with Crippen molar-refractivity contribution >= 4 is 29.1 Å². The number of hydrogen-bond acceptors (Lipinski definition) is 5. The first-order valence-electron chi connectivity index (χ1n) is 16.9. The monoisotopic (exact) mass is 623 g/mol. The summed E-state index contributed by atoms with van der Waals surface area (Å²) >= 11 is 5.99. The van der Waals surface area contributed by atoms with E-state index >= 15 is 0 Å². The van der Waals surface area contributed by atoms with E-state index in [2.05, 4.69) is 36.6 Å². The van der Waals surface area contributed by atoms with Crippen LogP contribution >= 0.6 is 11.6 Å². The molecule has 0 saturated heterocycles. The number of hydrogen-bond donors (Lipinski definition) is 3. The van der Waals surface area contributed by atoms with Gasteiger partial charge in [-0.05, 0) is 142 Å². The molecule has 1 aromatic carbocycles. The number of aromatic nitrogens is 1. The second-order valence-electron chi connectivity index (χ2n) is 15.2. The molecule has 10 atom stereocenters. The van der Waals surface area contributed by atoms with Crippen molar-refractivity contribution in [1.82, 2.24) is 10.5 Å². The van der Waals surface area contributed by atoms with Crippen LogP contribution in [0.3, 0.4) is 0 Å². The number of nitrogens with one attached hydrogen (secondary N) is 2. The smallest absolute Gasteiger partial charge is 0.257 e. The number of rotatable bonds is 7. The Morgan fingerprint density at radius 3 is 2.45 bits per heavy atom. The van der Waals surface area contributed by atoms with Crippen molar-refractivity contribution in [2.24, 2.45) is 46.3 Å². The first-order chi connectivity index (χ1) is 20.9. The molecular weight excluding hydrogens is 574 g/mol. The SMILES string of the molecule is Cc1noc(C)c1C(=O)N[C@H]1CC[C@@]2(C)[C@@H](C1)C[C@@H](O)[C@@H]1[C@@H]2CC[C@]2(C)[C@@H]([C@H](C)CCC(=O)Nc3ccc(Cl)cc3)CC[C@@H]12. The number of nitrogens with zero attached hydrogens (tertiary/aromatic N) is 1. The van der Waals surface area contributed by atoms with Crippen molar-refractivity contribution in [3.05, 3.63) is 46.3 Å². The van der Waals surface area contributed by atoms with E-state index in [1.807, 2.05) is 19.1 Å². The molecule has 0 bridgehead atoms. The molecule has 7 nitrogen and oxygen atoms in total. The summed E-state index contributed by atoms with van der Waals surface area (Å²) in [6, 6.07) is 7.39. The molecule has 0 radical (unpaired) electrons. The van der Waals surface area contributed by atoms with Gasteiger partial charge in [0.05, 0.1) is 11.8 Å². The van der Waals surface area contributed by atoms with Crippen molar-refractivity contribution in [3.8, 4) is 0 Å². The molecule has 0 unspecified atom stereocenters. The number of aryl methyl sites for hydroxylation is 2. The van der Waals surface area contributed by atoms with Crippen molar-refractivity contribution in [3.63, 3.8) is 0 Å². The van der Waals surface area contributed by atoms with E-state index in [4.69, 9.17) is 16.1 Å². The number of carbonyl (C=O) groups excluding carboxylic acids is 2. The van der Waals surface area contributed by atoms with Crippen LogP contribution in [0.15, 0.2) is 28.8 Å². The molecule has 6 rings (SSSR count). The zero-order valence-corrected chi connectivity index (χ0v) is 27.8. The highest BCUT2D eigenvalue weighted by molar-refractivity contribution is 6.30.